The van der Waals surface area contributed by atoms with Gasteiger partial charge in [-0.15, -0.1) is 0 Å². The lowest BCUT2D eigenvalue weighted by molar-refractivity contribution is 0.0302. The molecule has 5 nitrogen and oxygen atoms in total. The molecule has 0 spiro atoms. The van der Waals surface area contributed by atoms with E-state index in [-0.39, 0.29) is 5.91 Å². The average molecular weight is 311 g/mol. The van der Waals surface area contributed by atoms with E-state index in [0.717, 1.165) is 17.8 Å². The minimum absolute atomic E-state index is 0.00762. The number of amides is 1. The quantitative estimate of drug-likeness (QED) is 0.943. The number of hydrogen-bond donors (Lipinski definition) is 1. The van der Waals surface area contributed by atoms with Crippen molar-refractivity contribution in [2.45, 2.75) is 13.3 Å². The molecule has 0 atom stereocenters. The third kappa shape index (κ3) is 3.68. The van der Waals surface area contributed by atoms with Crippen LogP contribution in [-0.2, 0) is 11.2 Å². The van der Waals surface area contributed by atoms with E-state index in [0.29, 0.717) is 31.9 Å². The number of rotatable bonds is 4. The number of carbonyl (C=O) groups excluding carboxylic acids is 1. The maximum Gasteiger partial charge on any atom is 0.255 e. The second-order valence-electron chi connectivity index (χ2n) is 5.50. The summed E-state index contributed by atoms with van der Waals surface area (Å²) in [6.45, 7) is 4.59. The first-order chi connectivity index (χ1) is 11.3. The van der Waals surface area contributed by atoms with Crippen LogP contribution in [0, 0.1) is 0 Å². The van der Waals surface area contributed by atoms with Crippen molar-refractivity contribution >= 4 is 17.3 Å². The number of nitrogens with zero attached hydrogens (tertiary/aromatic N) is 2. The molecule has 5 heteroatoms. The van der Waals surface area contributed by atoms with Gasteiger partial charge in [-0.05, 0) is 24.1 Å². The first kappa shape index (κ1) is 15.5. The van der Waals surface area contributed by atoms with Gasteiger partial charge in [0.05, 0.1) is 30.7 Å². The Morgan fingerprint density at radius 1 is 1.26 bits per heavy atom. The number of ether oxygens (including phenoxy) is 1. The van der Waals surface area contributed by atoms with Gasteiger partial charge in [0.2, 0.25) is 0 Å². The van der Waals surface area contributed by atoms with Gasteiger partial charge in [-0.3, -0.25) is 9.78 Å². The number of morpholine rings is 1. The van der Waals surface area contributed by atoms with Crippen molar-refractivity contribution in [3.8, 4) is 0 Å². The Labute approximate surface area is 136 Å². The van der Waals surface area contributed by atoms with Crippen molar-refractivity contribution in [3.05, 3.63) is 53.9 Å². The number of nitrogens with one attached hydrogen (secondary N) is 1. The van der Waals surface area contributed by atoms with Crippen LogP contribution in [0.15, 0.2) is 42.7 Å². The summed E-state index contributed by atoms with van der Waals surface area (Å²) in [5.74, 6) is 0.00762. The number of para-hydroxylation sites is 1. The Morgan fingerprint density at radius 2 is 2.04 bits per heavy atom. The number of benzene rings is 1. The smallest absolute Gasteiger partial charge is 0.255 e. The molecule has 3 rings (SSSR count). The summed E-state index contributed by atoms with van der Waals surface area (Å²) < 4.78 is 5.29. The lowest BCUT2D eigenvalue weighted by atomic mass is 10.1. The van der Waals surface area contributed by atoms with E-state index in [1.54, 1.807) is 12.4 Å². The van der Waals surface area contributed by atoms with Crippen molar-refractivity contribution in [1.29, 1.82) is 0 Å². The number of aromatic nitrogens is 1. The standard InChI is InChI=1S/C18H21N3O2/c1-2-14-5-3-4-6-17(14)20-16-11-15(12-19-13-16)18(22)21-7-9-23-10-8-21/h3-6,11-13,20H,2,7-10H2,1H3. The molecule has 0 unspecified atom stereocenters. The average Bonchev–Trinajstić information content (AvgIpc) is 2.62. The topological polar surface area (TPSA) is 54.5 Å². The van der Waals surface area contributed by atoms with Crippen molar-refractivity contribution in [1.82, 2.24) is 9.88 Å². The largest absolute Gasteiger partial charge is 0.378 e. The predicted molar refractivity (Wildman–Crippen MR) is 90.1 cm³/mol. The maximum atomic E-state index is 12.5. The molecule has 0 radical (unpaired) electrons. The molecule has 0 bridgehead atoms. The molecule has 2 heterocycles. The number of pyridine rings is 1. The molecule has 23 heavy (non-hydrogen) atoms. The zero-order valence-electron chi connectivity index (χ0n) is 13.3. The molecular weight excluding hydrogens is 290 g/mol. The first-order valence-corrected chi connectivity index (χ1v) is 7.95. The van der Waals surface area contributed by atoms with Crippen LogP contribution in [0.2, 0.25) is 0 Å². The van der Waals surface area contributed by atoms with Gasteiger partial charge >= 0.3 is 0 Å². The molecule has 1 aliphatic heterocycles. The van der Waals surface area contributed by atoms with E-state index in [4.69, 9.17) is 4.74 Å². The molecule has 0 aliphatic carbocycles. The first-order valence-electron chi connectivity index (χ1n) is 7.95. The number of anilines is 2. The lowest BCUT2D eigenvalue weighted by Crippen LogP contribution is -2.40. The summed E-state index contributed by atoms with van der Waals surface area (Å²) >= 11 is 0. The minimum atomic E-state index is 0.00762. The fourth-order valence-corrected chi connectivity index (χ4v) is 2.68. The normalized spacial score (nSPS) is 14.6. The van der Waals surface area contributed by atoms with E-state index in [1.165, 1.54) is 5.56 Å². The third-order valence-electron chi connectivity index (χ3n) is 3.96. The molecule has 0 saturated carbocycles. The molecule has 1 aromatic carbocycles. The van der Waals surface area contributed by atoms with Crippen LogP contribution >= 0.6 is 0 Å². The predicted octanol–water partition coefficient (Wildman–Crippen LogP) is 2.86. The summed E-state index contributed by atoms with van der Waals surface area (Å²) in [6.07, 6.45) is 4.31. The lowest BCUT2D eigenvalue weighted by Gasteiger charge is -2.26. The van der Waals surface area contributed by atoms with Gasteiger partial charge in [0.25, 0.3) is 5.91 Å². The van der Waals surface area contributed by atoms with Crippen molar-refractivity contribution < 1.29 is 9.53 Å². The third-order valence-corrected chi connectivity index (χ3v) is 3.96. The fourth-order valence-electron chi connectivity index (χ4n) is 2.68. The molecule has 1 saturated heterocycles. The molecular formula is C18H21N3O2. The fraction of sp³-hybridized carbons (Fsp3) is 0.333. The molecule has 120 valence electrons. The van der Waals surface area contributed by atoms with E-state index in [9.17, 15) is 4.79 Å². The zero-order chi connectivity index (χ0) is 16.1. The van der Waals surface area contributed by atoms with Gasteiger partial charge in [-0.1, -0.05) is 25.1 Å². The highest BCUT2D eigenvalue weighted by Gasteiger charge is 2.19. The second-order valence-corrected chi connectivity index (χ2v) is 5.50. The van der Waals surface area contributed by atoms with Crippen LogP contribution in [0.4, 0.5) is 11.4 Å². The number of carbonyl (C=O) groups is 1. The minimum Gasteiger partial charge on any atom is -0.378 e. The van der Waals surface area contributed by atoms with Gasteiger partial charge in [0.15, 0.2) is 0 Å². The molecule has 1 aromatic heterocycles. The van der Waals surface area contributed by atoms with E-state index >= 15 is 0 Å². The summed E-state index contributed by atoms with van der Waals surface area (Å²) in [6, 6.07) is 10.0. The number of hydrogen-bond acceptors (Lipinski definition) is 4. The summed E-state index contributed by atoms with van der Waals surface area (Å²) in [7, 11) is 0. The van der Waals surface area contributed by atoms with Gasteiger partial charge in [0, 0.05) is 25.0 Å². The molecule has 2 aromatic rings. The molecule has 1 amide bonds. The van der Waals surface area contributed by atoms with E-state index in [2.05, 4.69) is 23.3 Å². The van der Waals surface area contributed by atoms with E-state index < -0.39 is 0 Å². The number of aryl methyl sites for hydroxylation is 1. The highest BCUT2D eigenvalue weighted by Crippen LogP contribution is 2.21. The summed E-state index contributed by atoms with van der Waals surface area (Å²) in [5.41, 5.74) is 3.71. The monoisotopic (exact) mass is 311 g/mol. The van der Waals surface area contributed by atoms with Crippen LogP contribution in [0.25, 0.3) is 0 Å². The Bertz CT molecular complexity index is 681. The molecule has 1 aliphatic rings. The maximum absolute atomic E-state index is 12.5. The van der Waals surface area contributed by atoms with Gasteiger partial charge < -0.3 is 15.0 Å². The Hall–Kier alpha value is -2.40. The van der Waals surface area contributed by atoms with Crippen molar-refractivity contribution in [2.75, 3.05) is 31.6 Å². The zero-order valence-corrected chi connectivity index (χ0v) is 13.3. The Balaban J connectivity index is 1.78. The van der Waals surface area contributed by atoms with Crippen molar-refractivity contribution in [3.63, 3.8) is 0 Å². The SMILES string of the molecule is CCc1ccccc1Nc1cncc(C(=O)N2CCOCC2)c1. The summed E-state index contributed by atoms with van der Waals surface area (Å²) in [4.78, 5) is 18.6. The van der Waals surface area contributed by atoms with Crippen LogP contribution in [0.5, 0.6) is 0 Å². The van der Waals surface area contributed by atoms with Gasteiger partial charge in [-0.2, -0.15) is 0 Å². The van der Waals surface area contributed by atoms with Crippen molar-refractivity contribution in [2.24, 2.45) is 0 Å². The molecule has 1 N–H and O–H groups in total. The van der Waals surface area contributed by atoms with E-state index in [1.807, 2.05) is 29.2 Å². The Kier molecular flexibility index (Phi) is 4.88. The van der Waals surface area contributed by atoms with Gasteiger partial charge in [0.1, 0.15) is 0 Å². The Morgan fingerprint density at radius 3 is 2.83 bits per heavy atom. The van der Waals surface area contributed by atoms with Crippen LogP contribution in [0.3, 0.4) is 0 Å². The second kappa shape index (κ2) is 7.24. The van der Waals surface area contributed by atoms with Crippen LogP contribution in [0.1, 0.15) is 22.8 Å². The molecule has 1 fully saturated rings. The van der Waals surface area contributed by atoms with Gasteiger partial charge in [-0.25, -0.2) is 0 Å². The highest BCUT2D eigenvalue weighted by atomic mass is 16.5. The highest BCUT2D eigenvalue weighted by molar-refractivity contribution is 5.95. The summed E-state index contributed by atoms with van der Waals surface area (Å²) in [5, 5.41) is 3.36. The van der Waals surface area contributed by atoms with Crippen LogP contribution in [-0.4, -0.2) is 42.1 Å². The van der Waals surface area contributed by atoms with Crippen LogP contribution < -0.4 is 5.32 Å².